The maximum Gasteiger partial charge on any atom is 0.247 e. The molecule has 25 heavy (non-hydrogen) atoms. The number of nitrogens with zero attached hydrogens (tertiary/aromatic N) is 1. The maximum atomic E-state index is 12.6. The molecule has 0 bridgehead atoms. The molecule has 0 radical (unpaired) electrons. The summed E-state index contributed by atoms with van der Waals surface area (Å²) < 4.78 is 0. The molecule has 1 aliphatic heterocycles. The zero-order chi connectivity index (χ0) is 17.7. The van der Waals surface area contributed by atoms with Gasteiger partial charge in [0.2, 0.25) is 11.8 Å². The number of nitrogens with two attached hydrogens (primary N) is 1. The van der Waals surface area contributed by atoms with Crippen LogP contribution in [0.5, 0.6) is 0 Å². The molecule has 2 amide bonds. The molecule has 5 nitrogen and oxygen atoms in total. The molecule has 1 aliphatic rings. The van der Waals surface area contributed by atoms with Crippen molar-refractivity contribution < 1.29 is 9.59 Å². The van der Waals surface area contributed by atoms with Gasteiger partial charge in [0.05, 0.1) is 10.7 Å². The van der Waals surface area contributed by atoms with Gasteiger partial charge < -0.3 is 16.0 Å². The van der Waals surface area contributed by atoms with Crippen molar-refractivity contribution in [2.75, 3.05) is 11.9 Å². The lowest BCUT2D eigenvalue weighted by molar-refractivity contribution is -0.140. The van der Waals surface area contributed by atoms with Gasteiger partial charge in [-0.05, 0) is 50.8 Å². The van der Waals surface area contributed by atoms with Crippen LogP contribution in [0.3, 0.4) is 0 Å². The van der Waals surface area contributed by atoms with E-state index < -0.39 is 6.04 Å². The molecule has 8 heteroatoms. The molecule has 1 heterocycles. The van der Waals surface area contributed by atoms with E-state index in [1.54, 1.807) is 23.1 Å². The lowest BCUT2D eigenvalue weighted by atomic mass is 10.00. The lowest BCUT2D eigenvalue weighted by Crippen LogP contribution is -2.50. The summed E-state index contributed by atoms with van der Waals surface area (Å²) in [6.07, 6.45) is 3.47. The molecule has 3 N–H and O–H groups in total. The van der Waals surface area contributed by atoms with E-state index in [1.165, 1.54) is 0 Å². The van der Waals surface area contributed by atoms with Crippen LogP contribution < -0.4 is 11.1 Å². The summed E-state index contributed by atoms with van der Waals surface area (Å²) in [5, 5.41) is 3.69. The molecule has 0 saturated carbocycles. The number of anilines is 1. The third-order valence-electron chi connectivity index (χ3n) is 4.13. The predicted octanol–water partition coefficient (Wildman–Crippen LogP) is 3.86. The van der Waals surface area contributed by atoms with Gasteiger partial charge in [-0.15, -0.1) is 12.4 Å². The second kappa shape index (κ2) is 10.2. The Balaban J connectivity index is 0.00000312. The van der Waals surface area contributed by atoms with Crippen molar-refractivity contribution in [2.45, 2.75) is 51.1 Å². The highest BCUT2D eigenvalue weighted by molar-refractivity contribution is 6.36. The highest BCUT2D eigenvalue weighted by atomic mass is 35.5. The lowest BCUT2D eigenvalue weighted by Gasteiger charge is -2.35. The van der Waals surface area contributed by atoms with Crippen molar-refractivity contribution in [1.82, 2.24) is 4.90 Å². The minimum absolute atomic E-state index is 0. The Morgan fingerprint density at radius 1 is 1.36 bits per heavy atom. The van der Waals surface area contributed by atoms with Gasteiger partial charge in [0.25, 0.3) is 0 Å². The average molecular weight is 409 g/mol. The molecule has 0 spiro atoms. The zero-order valence-corrected chi connectivity index (χ0v) is 16.5. The standard InChI is InChI=1S/C17H23Cl2N3O2.ClH/c1-11(20)5-8-16(23)22-9-3-2-4-15(22)17(24)21-14-7-6-12(18)10-13(14)19;/h6-7,10-11,15H,2-5,8-9,20H2,1H3,(H,21,24);1H. The van der Waals surface area contributed by atoms with Gasteiger partial charge in [0, 0.05) is 24.0 Å². The number of rotatable bonds is 5. The highest BCUT2D eigenvalue weighted by Crippen LogP contribution is 2.27. The number of hydrogen-bond acceptors (Lipinski definition) is 3. The second-order valence-electron chi connectivity index (χ2n) is 6.23. The third-order valence-corrected chi connectivity index (χ3v) is 4.68. The van der Waals surface area contributed by atoms with Gasteiger partial charge in [-0.25, -0.2) is 0 Å². The van der Waals surface area contributed by atoms with Crippen LogP contribution in [0, 0.1) is 0 Å². The summed E-state index contributed by atoms with van der Waals surface area (Å²) in [6, 6.07) is 4.40. The summed E-state index contributed by atoms with van der Waals surface area (Å²) in [5.41, 5.74) is 6.22. The normalized spacial score (nSPS) is 18.2. The van der Waals surface area contributed by atoms with E-state index in [1.807, 2.05) is 6.92 Å². The number of likely N-dealkylation sites (tertiary alicyclic amines) is 1. The quantitative estimate of drug-likeness (QED) is 0.776. The number of carbonyl (C=O) groups is 2. The largest absolute Gasteiger partial charge is 0.331 e. The number of halogens is 3. The molecule has 2 unspecified atom stereocenters. The predicted molar refractivity (Wildman–Crippen MR) is 105 cm³/mol. The number of hydrogen-bond donors (Lipinski definition) is 2. The van der Waals surface area contributed by atoms with Gasteiger partial charge in [0.1, 0.15) is 6.04 Å². The minimum Gasteiger partial charge on any atom is -0.331 e. The smallest absolute Gasteiger partial charge is 0.247 e. The van der Waals surface area contributed by atoms with Crippen molar-refractivity contribution in [1.29, 1.82) is 0 Å². The van der Waals surface area contributed by atoms with Crippen LogP contribution in [-0.4, -0.2) is 35.3 Å². The minimum atomic E-state index is -0.467. The summed E-state index contributed by atoms with van der Waals surface area (Å²) in [4.78, 5) is 26.7. The van der Waals surface area contributed by atoms with Crippen LogP contribution in [0.2, 0.25) is 10.0 Å². The van der Waals surface area contributed by atoms with Gasteiger partial charge in [-0.2, -0.15) is 0 Å². The first-order valence-corrected chi connectivity index (χ1v) is 8.95. The van der Waals surface area contributed by atoms with E-state index in [-0.39, 0.29) is 30.3 Å². The van der Waals surface area contributed by atoms with Gasteiger partial charge in [-0.1, -0.05) is 23.2 Å². The van der Waals surface area contributed by atoms with Crippen molar-refractivity contribution in [3.63, 3.8) is 0 Å². The Bertz CT molecular complexity index is 611. The van der Waals surface area contributed by atoms with Crippen LogP contribution in [-0.2, 0) is 9.59 Å². The Hall–Kier alpha value is -1.01. The SMILES string of the molecule is CC(N)CCC(=O)N1CCCCC1C(=O)Nc1ccc(Cl)cc1Cl.Cl. The second-order valence-corrected chi connectivity index (χ2v) is 7.07. The Morgan fingerprint density at radius 2 is 2.08 bits per heavy atom. The zero-order valence-electron chi connectivity index (χ0n) is 14.1. The molecule has 0 aromatic heterocycles. The van der Waals surface area contributed by atoms with Crippen molar-refractivity contribution in [3.05, 3.63) is 28.2 Å². The summed E-state index contributed by atoms with van der Waals surface area (Å²) in [5.74, 6) is -0.234. The van der Waals surface area contributed by atoms with E-state index in [0.29, 0.717) is 41.5 Å². The molecular weight excluding hydrogens is 385 g/mol. The Morgan fingerprint density at radius 3 is 2.72 bits per heavy atom. The number of benzene rings is 1. The monoisotopic (exact) mass is 407 g/mol. The first-order chi connectivity index (χ1) is 11.4. The van der Waals surface area contributed by atoms with E-state index >= 15 is 0 Å². The van der Waals surface area contributed by atoms with Gasteiger partial charge in [0.15, 0.2) is 0 Å². The Labute approximate surface area is 164 Å². The fourth-order valence-corrected chi connectivity index (χ4v) is 3.26. The van der Waals surface area contributed by atoms with E-state index in [4.69, 9.17) is 28.9 Å². The average Bonchev–Trinajstić information content (AvgIpc) is 2.55. The number of piperidine rings is 1. The molecule has 2 atom stereocenters. The molecule has 2 rings (SSSR count). The van der Waals surface area contributed by atoms with E-state index in [0.717, 1.165) is 12.8 Å². The summed E-state index contributed by atoms with van der Waals surface area (Å²) in [6.45, 7) is 2.47. The summed E-state index contributed by atoms with van der Waals surface area (Å²) >= 11 is 12.0. The molecule has 1 aromatic rings. The van der Waals surface area contributed by atoms with Crippen LogP contribution in [0.1, 0.15) is 39.0 Å². The third kappa shape index (κ3) is 6.33. The number of nitrogens with one attached hydrogen (secondary N) is 1. The van der Waals surface area contributed by atoms with E-state index in [9.17, 15) is 9.59 Å². The fraction of sp³-hybridized carbons (Fsp3) is 0.529. The Kier molecular flexibility index (Phi) is 9.00. The topological polar surface area (TPSA) is 75.4 Å². The van der Waals surface area contributed by atoms with E-state index in [2.05, 4.69) is 5.32 Å². The van der Waals surface area contributed by atoms with Crippen molar-refractivity contribution in [3.8, 4) is 0 Å². The van der Waals surface area contributed by atoms with Gasteiger partial charge in [-0.3, -0.25) is 9.59 Å². The van der Waals surface area contributed by atoms with Crippen LogP contribution in [0.15, 0.2) is 18.2 Å². The number of carbonyl (C=O) groups excluding carboxylic acids is 2. The first-order valence-electron chi connectivity index (χ1n) is 8.19. The molecule has 1 aromatic carbocycles. The molecular formula is C17H24Cl3N3O2. The molecule has 1 saturated heterocycles. The van der Waals surface area contributed by atoms with Crippen molar-refractivity contribution in [2.24, 2.45) is 5.73 Å². The molecule has 0 aliphatic carbocycles. The van der Waals surface area contributed by atoms with Crippen molar-refractivity contribution >= 4 is 53.1 Å². The van der Waals surface area contributed by atoms with Crippen LogP contribution in [0.4, 0.5) is 5.69 Å². The highest BCUT2D eigenvalue weighted by Gasteiger charge is 2.32. The van der Waals surface area contributed by atoms with Crippen LogP contribution in [0.25, 0.3) is 0 Å². The molecule has 1 fully saturated rings. The van der Waals surface area contributed by atoms with Gasteiger partial charge >= 0.3 is 0 Å². The number of amides is 2. The summed E-state index contributed by atoms with van der Waals surface area (Å²) in [7, 11) is 0. The fourth-order valence-electron chi connectivity index (χ4n) is 2.80. The first kappa shape index (κ1) is 22.0. The molecule has 140 valence electrons. The maximum absolute atomic E-state index is 12.6. The van der Waals surface area contributed by atoms with Crippen LogP contribution >= 0.6 is 35.6 Å².